The molecule has 0 bridgehead atoms. The number of fused-ring (bicyclic) bond motifs is 1. The predicted molar refractivity (Wildman–Crippen MR) is 158 cm³/mol. The van der Waals surface area contributed by atoms with Crippen molar-refractivity contribution in [1.82, 2.24) is 14.8 Å². The zero-order valence-corrected chi connectivity index (χ0v) is 23.2. The van der Waals surface area contributed by atoms with Crippen LogP contribution in [0.5, 0.6) is 0 Å². The van der Waals surface area contributed by atoms with Gasteiger partial charge < -0.3 is 19.5 Å². The van der Waals surface area contributed by atoms with E-state index in [1.54, 1.807) is 13.2 Å². The van der Waals surface area contributed by atoms with Crippen molar-refractivity contribution < 1.29 is 13.9 Å². The molecule has 6 rings (SSSR count). The third-order valence-corrected chi connectivity index (χ3v) is 8.51. The van der Waals surface area contributed by atoms with Crippen LogP contribution in [0.3, 0.4) is 0 Å². The number of ether oxygens (including phenoxy) is 1. The first-order valence-electron chi connectivity index (χ1n) is 14.5. The van der Waals surface area contributed by atoms with E-state index in [0.717, 1.165) is 55.2 Å². The van der Waals surface area contributed by atoms with Crippen molar-refractivity contribution in [3.05, 3.63) is 95.9 Å². The van der Waals surface area contributed by atoms with Gasteiger partial charge in [-0.3, -0.25) is 4.79 Å². The van der Waals surface area contributed by atoms with Crippen molar-refractivity contribution in [2.24, 2.45) is 5.92 Å². The van der Waals surface area contributed by atoms with Crippen LogP contribution in [0.1, 0.15) is 42.7 Å². The first-order chi connectivity index (χ1) is 19.6. The summed E-state index contributed by atoms with van der Waals surface area (Å²) in [7, 11) is 1.71. The number of hydrogen-bond donors (Lipinski definition) is 1. The summed E-state index contributed by atoms with van der Waals surface area (Å²) in [4.78, 5) is 16.4. The number of hydrogen-bond acceptors (Lipinski definition) is 3. The molecular formula is C34H38FN3O2. The number of nitrogens with zero attached hydrogens (tertiary/aromatic N) is 2. The zero-order chi connectivity index (χ0) is 27.5. The van der Waals surface area contributed by atoms with Crippen molar-refractivity contribution in [2.75, 3.05) is 26.8 Å². The van der Waals surface area contributed by atoms with E-state index in [1.807, 2.05) is 12.1 Å². The lowest BCUT2D eigenvalue weighted by atomic mass is 9.79. The molecule has 2 atom stereocenters. The van der Waals surface area contributed by atoms with Gasteiger partial charge in [-0.2, -0.15) is 0 Å². The summed E-state index contributed by atoms with van der Waals surface area (Å²) in [6.45, 7) is 3.55. The number of carbonyl (C=O) groups excluding carboxylic acids is 1. The van der Waals surface area contributed by atoms with Crippen LogP contribution in [0.4, 0.5) is 4.39 Å². The minimum absolute atomic E-state index is 0.132. The van der Waals surface area contributed by atoms with E-state index < -0.39 is 0 Å². The van der Waals surface area contributed by atoms with Gasteiger partial charge >= 0.3 is 0 Å². The number of nitrogens with one attached hydrogen (secondary N) is 1. The summed E-state index contributed by atoms with van der Waals surface area (Å²) >= 11 is 0. The molecule has 1 saturated carbocycles. The number of amides is 1. The van der Waals surface area contributed by atoms with Crippen molar-refractivity contribution >= 4 is 16.8 Å². The van der Waals surface area contributed by atoms with E-state index in [-0.39, 0.29) is 29.6 Å². The highest BCUT2D eigenvalue weighted by molar-refractivity contribution is 5.86. The maximum absolute atomic E-state index is 14.4. The van der Waals surface area contributed by atoms with Crippen LogP contribution in [-0.2, 0) is 22.6 Å². The first-order valence-corrected chi connectivity index (χ1v) is 14.5. The summed E-state index contributed by atoms with van der Waals surface area (Å²) in [6, 6.07) is 24.4. The third-order valence-electron chi connectivity index (χ3n) is 8.51. The Morgan fingerprint density at radius 2 is 1.85 bits per heavy atom. The molecule has 0 spiro atoms. The minimum Gasteiger partial charge on any atom is -0.385 e. The first kappa shape index (κ1) is 26.7. The molecule has 0 unspecified atom stereocenters. The van der Waals surface area contributed by atoms with Crippen LogP contribution in [-0.4, -0.2) is 48.2 Å². The number of halogens is 1. The molecule has 4 aromatic rings. The fraction of sp³-hybridized carbons (Fsp3) is 0.382. The molecule has 208 valence electrons. The third kappa shape index (κ3) is 5.70. The fourth-order valence-corrected chi connectivity index (χ4v) is 6.30. The van der Waals surface area contributed by atoms with Crippen LogP contribution < -0.4 is 5.32 Å². The van der Waals surface area contributed by atoms with Gasteiger partial charge in [-0.15, -0.1) is 0 Å². The summed E-state index contributed by atoms with van der Waals surface area (Å²) in [5, 5.41) is 4.39. The Hall–Kier alpha value is -3.48. The van der Waals surface area contributed by atoms with Crippen LogP contribution in [0, 0.1) is 11.7 Å². The normalized spacial score (nSPS) is 19.1. The molecule has 1 amide bonds. The van der Waals surface area contributed by atoms with Crippen molar-refractivity contribution in [3.63, 3.8) is 0 Å². The highest BCUT2D eigenvalue weighted by Crippen LogP contribution is 2.38. The molecule has 3 aromatic carbocycles. The molecular weight excluding hydrogens is 501 g/mol. The Bertz CT molecular complexity index is 1460. The van der Waals surface area contributed by atoms with Gasteiger partial charge in [-0.1, -0.05) is 54.6 Å². The summed E-state index contributed by atoms with van der Waals surface area (Å²) < 4.78 is 21.8. The highest BCUT2D eigenvalue weighted by Gasteiger charge is 2.40. The predicted octanol–water partition coefficient (Wildman–Crippen LogP) is 6.37. The Balaban J connectivity index is 1.28. The fourth-order valence-electron chi connectivity index (χ4n) is 6.30. The molecule has 6 heteroatoms. The summed E-state index contributed by atoms with van der Waals surface area (Å²) in [5.74, 6) is -0.0114. The molecule has 0 radical (unpaired) electrons. The van der Waals surface area contributed by atoms with Crippen LogP contribution >= 0.6 is 0 Å². The van der Waals surface area contributed by atoms with Crippen LogP contribution in [0.15, 0.2) is 79.0 Å². The number of piperidine rings is 1. The lowest BCUT2D eigenvalue weighted by Crippen LogP contribution is -2.47. The average Bonchev–Trinajstić information content (AvgIpc) is 3.79. The Morgan fingerprint density at radius 1 is 1.02 bits per heavy atom. The minimum atomic E-state index is -0.248. The quantitative estimate of drug-likeness (QED) is 0.238. The number of aryl methyl sites for hydroxylation is 1. The monoisotopic (exact) mass is 539 g/mol. The largest absolute Gasteiger partial charge is 0.385 e. The van der Waals surface area contributed by atoms with E-state index in [1.165, 1.54) is 22.8 Å². The van der Waals surface area contributed by atoms with Crippen molar-refractivity contribution in [3.8, 4) is 11.1 Å². The SMILES string of the molecule is COCCCn1cc(CN(C(=O)[C@H]2CNCC[C@@H]2c2cccc(-c3ccccc3)c2)C2CC2)c2cc(F)ccc21. The van der Waals surface area contributed by atoms with Crippen molar-refractivity contribution in [2.45, 2.75) is 50.7 Å². The summed E-state index contributed by atoms with van der Waals surface area (Å²) in [5.41, 5.74) is 5.62. The van der Waals surface area contributed by atoms with Gasteiger partial charge in [0.05, 0.1) is 5.92 Å². The lowest BCUT2D eigenvalue weighted by Gasteiger charge is -2.36. The molecule has 2 fully saturated rings. The highest BCUT2D eigenvalue weighted by atomic mass is 19.1. The molecule has 2 aliphatic rings. The Morgan fingerprint density at radius 3 is 2.65 bits per heavy atom. The topological polar surface area (TPSA) is 46.5 Å². The number of benzene rings is 3. The van der Waals surface area contributed by atoms with Gasteiger partial charge in [-0.05, 0) is 78.6 Å². The Labute approximate surface area is 235 Å². The molecule has 1 N–H and O–H groups in total. The smallest absolute Gasteiger partial charge is 0.228 e. The number of carbonyl (C=O) groups is 1. The molecule has 1 saturated heterocycles. The summed E-state index contributed by atoms with van der Waals surface area (Å²) in [6.07, 6.45) is 5.97. The van der Waals surface area contributed by atoms with E-state index >= 15 is 0 Å². The van der Waals surface area contributed by atoms with Crippen LogP contribution in [0.2, 0.25) is 0 Å². The van der Waals surface area contributed by atoms with Gasteiger partial charge in [0, 0.05) is 56.5 Å². The second kappa shape index (κ2) is 11.9. The zero-order valence-electron chi connectivity index (χ0n) is 23.2. The molecule has 40 heavy (non-hydrogen) atoms. The molecule has 1 aliphatic heterocycles. The Kier molecular flexibility index (Phi) is 7.98. The van der Waals surface area contributed by atoms with E-state index in [0.29, 0.717) is 19.7 Å². The van der Waals surface area contributed by atoms with E-state index in [4.69, 9.17) is 4.74 Å². The molecule has 1 aliphatic carbocycles. The second-order valence-corrected chi connectivity index (χ2v) is 11.3. The van der Waals surface area contributed by atoms with Gasteiger partial charge in [-0.25, -0.2) is 4.39 Å². The molecule has 1 aromatic heterocycles. The van der Waals surface area contributed by atoms with Gasteiger partial charge in [0.25, 0.3) is 0 Å². The van der Waals surface area contributed by atoms with Gasteiger partial charge in [0.1, 0.15) is 5.82 Å². The second-order valence-electron chi connectivity index (χ2n) is 11.3. The van der Waals surface area contributed by atoms with Crippen molar-refractivity contribution in [1.29, 1.82) is 0 Å². The lowest BCUT2D eigenvalue weighted by molar-refractivity contribution is -0.138. The van der Waals surface area contributed by atoms with Gasteiger partial charge in [0.15, 0.2) is 0 Å². The number of aromatic nitrogens is 1. The van der Waals surface area contributed by atoms with Gasteiger partial charge in [0.2, 0.25) is 5.91 Å². The standard InChI is InChI=1S/C34H38FN3O2/c1-40-18-6-17-37-22-27(31-20-28(35)11-14-33(31)37)23-38(29-12-13-29)34(39)32-21-36-16-15-30(32)26-10-5-9-25(19-26)24-7-3-2-4-8-24/h2-5,7-11,14,19-20,22,29-30,32,36H,6,12-13,15-18,21,23H2,1H3/t30-,32+/m1/s1. The average molecular weight is 540 g/mol. The molecule has 5 nitrogen and oxygen atoms in total. The number of methoxy groups -OCH3 is 1. The molecule has 2 heterocycles. The van der Waals surface area contributed by atoms with Crippen LogP contribution in [0.25, 0.3) is 22.0 Å². The maximum atomic E-state index is 14.4. The number of rotatable bonds is 10. The maximum Gasteiger partial charge on any atom is 0.228 e. The van der Waals surface area contributed by atoms with E-state index in [2.05, 4.69) is 69.5 Å². The van der Waals surface area contributed by atoms with E-state index in [9.17, 15) is 9.18 Å².